The second-order valence-corrected chi connectivity index (χ2v) is 11.6. The molecule has 0 aromatic rings. The van der Waals surface area contributed by atoms with E-state index in [0.29, 0.717) is 0 Å². The van der Waals surface area contributed by atoms with Crippen LogP contribution in [0.15, 0.2) is 0 Å². The summed E-state index contributed by atoms with van der Waals surface area (Å²) in [5.74, 6) is 0. The van der Waals surface area contributed by atoms with Crippen LogP contribution in [0.5, 0.6) is 0 Å². The van der Waals surface area contributed by atoms with Gasteiger partial charge in [-0.3, -0.25) is 0 Å². The van der Waals surface area contributed by atoms with Gasteiger partial charge in [0.25, 0.3) is 0 Å². The number of rotatable bonds is 10. The fourth-order valence-corrected chi connectivity index (χ4v) is 6.31. The Morgan fingerprint density at radius 1 is 0.871 bits per heavy atom. The minimum Gasteiger partial charge on any atom is -0.852 e. The van der Waals surface area contributed by atoms with Gasteiger partial charge in [-0.2, -0.15) is 0 Å². The van der Waals surface area contributed by atoms with Crippen LogP contribution >= 0.6 is 17.8 Å². The largest absolute Gasteiger partial charge is 2.00 e. The standard InChI is InChI=1S/C16H33P.C4H11P.2C3H7O.Ti/c1-4-7-13-17-15-9-8-12-16(14-15,10-5-2)11-6-3;1-2-3-4-5;2*1-3(2)4;/h15,17H,4-14H2,1-3H3;2-5H2,1H3;2*3H,1-2H3;/q;;2*-1;+2. The minimum absolute atomic E-state index is 0. The zero-order valence-corrected chi connectivity index (χ0v) is 26.2. The Kier molecular flexibility index (Phi) is 37.8. The van der Waals surface area contributed by atoms with Crippen molar-refractivity contribution in [3.05, 3.63) is 0 Å². The van der Waals surface area contributed by atoms with E-state index in [1.165, 1.54) is 91.5 Å². The van der Waals surface area contributed by atoms with Crippen LogP contribution in [0, 0.1) is 5.41 Å². The monoisotopic (exact) mass is 512 g/mol. The molecule has 31 heavy (non-hydrogen) atoms. The molecular weight excluding hydrogens is 454 g/mol. The van der Waals surface area contributed by atoms with E-state index in [0.717, 1.165) is 11.1 Å². The van der Waals surface area contributed by atoms with Crippen molar-refractivity contribution in [2.24, 2.45) is 5.41 Å². The van der Waals surface area contributed by atoms with E-state index < -0.39 is 12.2 Å². The predicted molar refractivity (Wildman–Crippen MR) is 142 cm³/mol. The first-order valence-electron chi connectivity index (χ1n) is 12.9. The molecule has 1 rings (SSSR count). The molecule has 0 aromatic heterocycles. The molecule has 0 heterocycles. The van der Waals surface area contributed by atoms with Gasteiger partial charge in [0.15, 0.2) is 0 Å². The molecule has 1 aliphatic rings. The Morgan fingerprint density at radius 2 is 1.32 bits per heavy atom. The normalized spacial score (nSPS) is 17.1. The zero-order chi connectivity index (χ0) is 23.8. The summed E-state index contributed by atoms with van der Waals surface area (Å²) in [6.07, 6.45) is 19.4. The molecule has 0 aliphatic heterocycles. The molecule has 0 saturated heterocycles. The fraction of sp³-hybridized carbons (Fsp3) is 1.00. The number of hydrogen-bond acceptors (Lipinski definition) is 2. The molecule has 1 saturated carbocycles. The molecule has 188 valence electrons. The molecule has 0 aromatic carbocycles. The maximum absolute atomic E-state index is 9.53. The first-order chi connectivity index (χ1) is 14.1. The third-order valence-corrected chi connectivity index (χ3v) is 7.14. The van der Waals surface area contributed by atoms with Gasteiger partial charge in [-0.05, 0) is 61.9 Å². The minimum atomic E-state index is -0.417. The summed E-state index contributed by atoms with van der Waals surface area (Å²) in [7, 11) is 3.96. The predicted octanol–water partition coefficient (Wildman–Crippen LogP) is 7.16. The number of hydrogen-bond donors (Lipinski definition) is 0. The molecule has 0 radical (unpaired) electrons. The van der Waals surface area contributed by atoms with E-state index >= 15 is 0 Å². The molecule has 0 bridgehead atoms. The van der Waals surface area contributed by atoms with Crippen LogP contribution in [0.2, 0.25) is 0 Å². The van der Waals surface area contributed by atoms with Crippen molar-refractivity contribution in [1.29, 1.82) is 0 Å². The van der Waals surface area contributed by atoms with Crippen molar-refractivity contribution < 1.29 is 31.9 Å². The first-order valence-corrected chi connectivity index (χ1v) is 15.0. The van der Waals surface area contributed by atoms with Gasteiger partial charge in [-0.1, -0.05) is 93.9 Å². The number of unbranched alkanes of at least 4 members (excludes halogenated alkanes) is 2. The van der Waals surface area contributed by atoms with Crippen LogP contribution in [-0.4, -0.2) is 30.2 Å². The maximum Gasteiger partial charge on any atom is 2.00 e. The average Bonchev–Trinajstić information content (AvgIpc) is 2.63. The third kappa shape index (κ3) is 33.7. The molecule has 0 amide bonds. The van der Waals surface area contributed by atoms with E-state index in [-0.39, 0.29) is 21.7 Å². The van der Waals surface area contributed by atoms with Gasteiger partial charge in [0.05, 0.1) is 0 Å². The van der Waals surface area contributed by atoms with Crippen LogP contribution in [0.3, 0.4) is 0 Å². The molecule has 0 spiro atoms. The Balaban J connectivity index is -0.000000215. The van der Waals surface area contributed by atoms with E-state index in [2.05, 4.69) is 36.9 Å². The Hall–Kier alpha value is 1.49. The van der Waals surface area contributed by atoms with Crippen molar-refractivity contribution in [2.45, 2.75) is 150 Å². The molecule has 5 heteroatoms. The molecule has 3 unspecified atom stereocenters. The molecular formula is C26H58O2P2Ti. The van der Waals surface area contributed by atoms with Gasteiger partial charge in [-0.15, -0.1) is 30.0 Å². The second kappa shape index (κ2) is 29.5. The van der Waals surface area contributed by atoms with Gasteiger partial charge >= 0.3 is 21.7 Å². The van der Waals surface area contributed by atoms with Crippen LogP contribution in [0.25, 0.3) is 0 Å². The van der Waals surface area contributed by atoms with Crippen LogP contribution in [-0.2, 0) is 21.7 Å². The molecule has 1 aliphatic carbocycles. The Morgan fingerprint density at radius 3 is 1.65 bits per heavy atom. The van der Waals surface area contributed by atoms with Gasteiger partial charge in [0, 0.05) is 0 Å². The summed E-state index contributed by atoms with van der Waals surface area (Å²) in [5, 5.41) is 19.1. The van der Waals surface area contributed by atoms with Crippen molar-refractivity contribution in [3.8, 4) is 0 Å². The molecule has 3 atom stereocenters. The van der Waals surface area contributed by atoms with Crippen LogP contribution < -0.4 is 10.2 Å². The van der Waals surface area contributed by atoms with Gasteiger partial charge in [0.2, 0.25) is 0 Å². The summed E-state index contributed by atoms with van der Waals surface area (Å²) in [6, 6.07) is 0. The molecule has 2 nitrogen and oxygen atoms in total. The smallest absolute Gasteiger partial charge is 0.852 e. The van der Waals surface area contributed by atoms with Crippen LogP contribution in [0.1, 0.15) is 132 Å². The van der Waals surface area contributed by atoms with Gasteiger partial charge < -0.3 is 10.2 Å². The van der Waals surface area contributed by atoms with E-state index in [1.807, 2.05) is 0 Å². The quantitative estimate of drug-likeness (QED) is 0.177. The van der Waals surface area contributed by atoms with Crippen molar-refractivity contribution in [2.75, 3.05) is 12.3 Å². The second-order valence-electron chi connectivity index (χ2n) is 9.34. The topological polar surface area (TPSA) is 46.1 Å². The van der Waals surface area contributed by atoms with Gasteiger partial charge in [-0.25, -0.2) is 0 Å². The van der Waals surface area contributed by atoms with E-state index in [1.54, 1.807) is 34.1 Å². The fourth-order valence-electron chi connectivity index (χ4n) is 3.95. The van der Waals surface area contributed by atoms with Crippen molar-refractivity contribution >= 4 is 17.8 Å². The SMILES string of the molecule is CC(C)[O-].CC(C)[O-].CCCCP.CCCCPC1CCCC(CCC)(CCC)C1.[Ti+2]. The van der Waals surface area contributed by atoms with Crippen molar-refractivity contribution in [3.63, 3.8) is 0 Å². The summed E-state index contributed by atoms with van der Waals surface area (Å²) in [5.41, 5.74) is 1.85. The Labute approximate surface area is 217 Å². The molecule has 1 fully saturated rings. The van der Waals surface area contributed by atoms with Crippen molar-refractivity contribution in [1.82, 2.24) is 0 Å². The maximum atomic E-state index is 9.53. The first kappa shape index (κ1) is 39.7. The summed E-state index contributed by atoms with van der Waals surface area (Å²) >= 11 is 0. The summed E-state index contributed by atoms with van der Waals surface area (Å²) < 4.78 is 0. The Bertz CT molecular complexity index is 291. The van der Waals surface area contributed by atoms with E-state index in [9.17, 15) is 10.2 Å². The summed E-state index contributed by atoms with van der Waals surface area (Å²) in [4.78, 5) is 0. The van der Waals surface area contributed by atoms with Crippen LogP contribution in [0.4, 0.5) is 0 Å². The van der Waals surface area contributed by atoms with E-state index in [4.69, 9.17) is 0 Å². The average molecular weight is 513 g/mol. The zero-order valence-electron chi connectivity index (χ0n) is 22.5. The van der Waals surface area contributed by atoms with Gasteiger partial charge in [0.1, 0.15) is 0 Å². The molecule has 0 N–H and O–H groups in total. The summed E-state index contributed by atoms with van der Waals surface area (Å²) in [6.45, 7) is 15.7. The third-order valence-electron chi connectivity index (χ3n) is 5.02.